The normalized spacial score (nSPS) is 20.0. The minimum absolute atomic E-state index is 0.272. The highest BCUT2D eigenvalue weighted by Crippen LogP contribution is 2.11. The van der Waals surface area contributed by atoms with Crippen molar-refractivity contribution in [1.82, 2.24) is 10.2 Å². The van der Waals surface area contributed by atoms with E-state index < -0.39 is 0 Å². The molecule has 1 aliphatic rings. The van der Waals surface area contributed by atoms with Crippen LogP contribution in [0.1, 0.15) is 6.92 Å². The number of aliphatic hydroxyl groups excluding tert-OH is 1. The first kappa shape index (κ1) is 11.2. The lowest BCUT2D eigenvalue weighted by atomic mass is 10.4. The first-order chi connectivity index (χ1) is 6.20. The van der Waals surface area contributed by atoms with Gasteiger partial charge < -0.3 is 15.3 Å². The molecule has 3 nitrogen and oxygen atoms in total. The number of nitrogens with zero attached hydrogens (tertiary/aromatic N) is 1. The van der Waals surface area contributed by atoms with Gasteiger partial charge in [0, 0.05) is 31.9 Å². The molecule has 1 aliphatic heterocycles. The molecule has 0 aromatic rings. The number of thioether (sulfide) groups is 1. The molecule has 0 amide bonds. The van der Waals surface area contributed by atoms with Crippen LogP contribution in [0.2, 0.25) is 0 Å². The van der Waals surface area contributed by atoms with Gasteiger partial charge in [-0.05, 0) is 6.92 Å². The predicted octanol–water partition coefficient (Wildman–Crippen LogP) is 0.291. The highest BCUT2D eigenvalue weighted by Gasteiger charge is 2.13. The molecule has 1 saturated heterocycles. The molecular weight excluding hydrogens is 204 g/mol. The molecular formula is C8H16N2OS2. The van der Waals surface area contributed by atoms with Crippen LogP contribution in [0.4, 0.5) is 0 Å². The van der Waals surface area contributed by atoms with Crippen molar-refractivity contribution in [3.05, 3.63) is 0 Å². The molecule has 1 fully saturated rings. The summed E-state index contributed by atoms with van der Waals surface area (Å²) < 4.78 is 0.919. The molecule has 1 rings (SSSR count). The van der Waals surface area contributed by atoms with E-state index in [4.69, 9.17) is 17.3 Å². The lowest BCUT2D eigenvalue weighted by Gasteiger charge is -2.29. The number of rotatable bonds is 2. The van der Waals surface area contributed by atoms with Crippen LogP contribution in [0.25, 0.3) is 0 Å². The first-order valence-corrected chi connectivity index (χ1v) is 5.90. The van der Waals surface area contributed by atoms with Gasteiger partial charge in [-0.3, -0.25) is 0 Å². The van der Waals surface area contributed by atoms with Crippen molar-refractivity contribution in [2.75, 3.05) is 31.9 Å². The summed E-state index contributed by atoms with van der Waals surface area (Å²) in [4.78, 5) is 2.19. The lowest BCUT2D eigenvalue weighted by Crippen LogP contribution is -2.45. The van der Waals surface area contributed by atoms with Crippen molar-refractivity contribution in [3.63, 3.8) is 0 Å². The summed E-state index contributed by atoms with van der Waals surface area (Å²) in [6.07, 6.45) is -0.272. The van der Waals surface area contributed by atoms with Gasteiger partial charge in [-0.1, -0.05) is 24.0 Å². The molecule has 1 unspecified atom stereocenters. The topological polar surface area (TPSA) is 35.5 Å². The van der Waals surface area contributed by atoms with Gasteiger partial charge in [-0.25, -0.2) is 0 Å². The molecule has 1 heterocycles. The Morgan fingerprint density at radius 2 is 2.23 bits per heavy atom. The van der Waals surface area contributed by atoms with Crippen LogP contribution in [-0.2, 0) is 0 Å². The molecule has 0 spiro atoms. The summed E-state index contributed by atoms with van der Waals surface area (Å²) in [6.45, 7) is 5.79. The number of aliphatic hydroxyl groups is 1. The minimum atomic E-state index is -0.272. The fourth-order valence-electron chi connectivity index (χ4n) is 1.13. The fraction of sp³-hybridized carbons (Fsp3) is 0.875. The molecule has 0 bridgehead atoms. The highest BCUT2D eigenvalue weighted by atomic mass is 32.2. The zero-order chi connectivity index (χ0) is 9.68. The van der Waals surface area contributed by atoms with Crippen molar-refractivity contribution in [1.29, 1.82) is 0 Å². The maximum absolute atomic E-state index is 9.09. The quantitative estimate of drug-likeness (QED) is 0.654. The Bertz CT molecular complexity index is 170. The SMILES string of the molecule is CC(O)CSC(=S)N1CCNCC1. The Morgan fingerprint density at radius 1 is 1.62 bits per heavy atom. The molecule has 13 heavy (non-hydrogen) atoms. The Labute approximate surface area is 88.9 Å². The van der Waals surface area contributed by atoms with Gasteiger partial charge in [0.25, 0.3) is 0 Å². The predicted molar refractivity (Wildman–Crippen MR) is 61.2 cm³/mol. The van der Waals surface area contributed by atoms with Crippen LogP contribution >= 0.6 is 24.0 Å². The molecule has 5 heteroatoms. The Balaban J connectivity index is 2.21. The summed E-state index contributed by atoms with van der Waals surface area (Å²) in [6, 6.07) is 0. The van der Waals surface area contributed by atoms with Crippen LogP contribution in [0.5, 0.6) is 0 Å². The van der Waals surface area contributed by atoms with Crippen molar-refractivity contribution in [2.45, 2.75) is 13.0 Å². The molecule has 2 N–H and O–H groups in total. The molecule has 0 aliphatic carbocycles. The third-order valence-electron chi connectivity index (χ3n) is 1.82. The standard InChI is InChI=1S/C8H16N2OS2/c1-7(11)6-13-8(12)10-4-2-9-3-5-10/h7,9,11H,2-6H2,1H3. The third kappa shape index (κ3) is 4.26. The van der Waals surface area contributed by atoms with Crippen molar-refractivity contribution in [2.24, 2.45) is 0 Å². The number of piperazine rings is 1. The van der Waals surface area contributed by atoms with Gasteiger partial charge >= 0.3 is 0 Å². The maximum atomic E-state index is 9.09. The van der Waals surface area contributed by atoms with Gasteiger partial charge in [0.05, 0.1) is 6.10 Å². The van der Waals surface area contributed by atoms with E-state index in [1.165, 1.54) is 0 Å². The third-order valence-corrected chi connectivity index (χ3v) is 3.59. The molecule has 0 aromatic carbocycles. The van der Waals surface area contributed by atoms with E-state index >= 15 is 0 Å². The Hall–Kier alpha value is 0.160. The molecule has 76 valence electrons. The van der Waals surface area contributed by atoms with Crippen molar-refractivity contribution < 1.29 is 5.11 Å². The van der Waals surface area contributed by atoms with Crippen LogP contribution in [-0.4, -0.2) is 52.4 Å². The van der Waals surface area contributed by atoms with Crippen LogP contribution in [0, 0.1) is 0 Å². The monoisotopic (exact) mass is 220 g/mol. The second-order valence-corrected chi connectivity index (χ2v) is 4.82. The lowest BCUT2D eigenvalue weighted by molar-refractivity contribution is 0.220. The Morgan fingerprint density at radius 3 is 2.77 bits per heavy atom. The van der Waals surface area contributed by atoms with Gasteiger partial charge in [-0.15, -0.1) is 0 Å². The zero-order valence-corrected chi connectivity index (χ0v) is 9.46. The van der Waals surface area contributed by atoms with E-state index in [2.05, 4.69) is 10.2 Å². The second-order valence-electron chi connectivity index (χ2n) is 3.16. The average Bonchev–Trinajstić information content (AvgIpc) is 2.15. The molecule has 0 aromatic heterocycles. The second kappa shape index (κ2) is 5.80. The van der Waals surface area contributed by atoms with E-state index in [0.29, 0.717) is 5.75 Å². The number of hydrogen-bond acceptors (Lipinski definition) is 4. The number of nitrogens with one attached hydrogen (secondary N) is 1. The fourth-order valence-corrected chi connectivity index (χ4v) is 2.27. The largest absolute Gasteiger partial charge is 0.393 e. The average molecular weight is 220 g/mol. The van der Waals surface area contributed by atoms with Crippen LogP contribution in [0.3, 0.4) is 0 Å². The molecule has 0 saturated carbocycles. The van der Waals surface area contributed by atoms with E-state index in [9.17, 15) is 0 Å². The van der Waals surface area contributed by atoms with E-state index in [-0.39, 0.29) is 6.10 Å². The van der Waals surface area contributed by atoms with Gasteiger partial charge in [0.15, 0.2) is 0 Å². The van der Waals surface area contributed by atoms with Crippen molar-refractivity contribution in [3.8, 4) is 0 Å². The highest BCUT2D eigenvalue weighted by molar-refractivity contribution is 8.22. The van der Waals surface area contributed by atoms with Gasteiger partial charge in [0.2, 0.25) is 0 Å². The maximum Gasteiger partial charge on any atom is 0.136 e. The van der Waals surface area contributed by atoms with Gasteiger partial charge in [-0.2, -0.15) is 0 Å². The zero-order valence-electron chi connectivity index (χ0n) is 7.82. The van der Waals surface area contributed by atoms with Crippen LogP contribution in [0.15, 0.2) is 0 Å². The van der Waals surface area contributed by atoms with Gasteiger partial charge in [0.1, 0.15) is 4.32 Å². The van der Waals surface area contributed by atoms with E-state index in [1.807, 2.05) is 0 Å². The number of thiocarbonyl (C=S) groups is 1. The minimum Gasteiger partial charge on any atom is -0.393 e. The van der Waals surface area contributed by atoms with E-state index in [0.717, 1.165) is 30.5 Å². The van der Waals surface area contributed by atoms with Crippen LogP contribution < -0.4 is 5.32 Å². The Kier molecular flexibility index (Phi) is 5.01. The number of hydrogen-bond donors (Lipinski definition) is 2. The van der Waals surface area contributed by atoms with Crippen molar-refractivity contribution >= 4 is 28.3 Å². The smallest absolute Gasteiger partial charge is 0.136 e. The molecule has 1 atom stereocenters. The summed E-state index contributed by atoms with van der Waals surface area (Å²) >= 11 is 6.81. The molecule has 0 radical (unpaired) electrons. The summed E-state index contributed by atoms with van der Waals surface area (Å²) in [5.74, 6) is 0.697. The summed E-state index contributed by atoms with van der Waals surface area (Å²) in [5.41, 5.74) is 0. The first-order valence-electron chi connectivity index (χ1n) is 4.50. The summed E-state index contributed by atoms with van der Waals surface area (Å²) in [5, 5.41) is 12.4. The summed E-state index contributed by atoms with van der Waals surface area (Å²) in [7, 11) is 0. The van der Waals surface area contributed by atoms with E-state index in [1.54, 1.807) is 18.7 Å².